The van der Waals surface area contributed by atoms with E-state index in [-0.39, 0.29) is 12.6 Å². The van der Waals surface area contributed by atoms with Gasteiger partial charge in [0.1, 0.15) is 6.54 Å². The molecule has 0 aliphatic carbocycles. The maximum atomic E-state index is 12.6. The van der Waals surface area contributed by atoms with Crippen molar-refractivity contribution in [2.24, 2.45) is 5.92 Å². The zero-order chi connectivity index (χ0) is 17.9. The molecule has 24 heavy (non-hydrogen) atoms. The largest absolute Gasteiger partial charge is 0.424 e. The van der Waals surface area contributed by atoms with Crippen LogP contribution in [0.15, 0.2) is 4.42 Å². The number of piperidine rings is 1. The van der Waals surface area contributed by atoms with E-state index in [4.69, 9.17) is 4.42 Å². The minimum absolute atomic E-state index is 0.0489. The molecular weight excluding hydrogens is 325 g/mol. The maximum Gasteiger partial charge on any atom is 0.406 e. The number of nitrogens with zero attached hydrogens (tertiary/aromatic N) is 4. The monoisotopic (exact) mass is 348 g/mol. The van der Waals surface area contributed by atoms with Gasteiger partial charge in [-0.2, -0.15) is 13.2 Å². The summed E-state index contributed by atoms with van der Waals surface area (Å²) in [5.74, 6) is 0.0491. The van der Waals surface area contributed by atoms with Crippen LogP contribution in [0.2, 0.25) is 0 Å². The van der Waals surface area contributed by atoms with Crippen LogP contribution in [0.4, 0.5) is 13.2 Å². The maximum absolute atomic E-state index is 12.6. The quantitative estimate of drug-likeness (QED) is 0.818. The van der Waals surface area contributed by atoms with Gasteiger partial charge in [-0.1, -0.05) is 0 Å². The standard InChI is InChI=1S/C15H23F3N4O2/c1-4-21(9-15(16,17)18)14(23)12-6-5-7-22(8-12)10(2)13-20-19-11(3)24-13/h10,12H,4-9H2,1-3H3/t10-,12-/m0/s1. The summed E-state index contributed by atoms with van der Waals surface area (Å²) in [7, 11) is 0. The molecule has 2 atom stereocenters. The Hall–Kier alpha value is -1.64. The molecule has 1 aromatic heterocycles. The van der Waals surface area contributed by atoms with Crippen LogP contribution in [0.1, 0.15) is 44.5 Å². The number of carbonyl (C=O) groups excluding carboxylic acids is 1. The average molecular weight is 348 g/mol. The number of carbonyl (C=O) groups is 1. The van der Waals surface area contributed by atoms with Crippen LogP contribution in [0.5, 0.6) is 0 Å². The fourth-order valence-electron chi connectivity index (χ4n) is 3.02. The summed E-state index contributed by atoms with van der Waals surface area (Å²) >= 11 is 0. The topological polar surface area (TPSA) is 62.5 Å². The van der Waals surface area contributed by atoms with E-state index in [1.54, 1.807) is 13.8 Å². The van der Waals surface area contributed by atoms with E-state index in [0.29, 0.717) is 24.7 Å². The van der Waals surface area contributed by atoms with Gasteiger partial charge in [0.25, 0.3) is 0 Å². The predicted molar refractivity (Wildman–Crippen MR) is 80.1 cm³/mol. The predicted octanol–water partition coefficient (Wildman–Crippen LogP) is 2.56. The summed E-state index contributed by atoms with van der Waals surface area (Å²) in [5.41, 5.74) is 0. The molecular formula is C15H23F3N4O2. The molecule has 0 radical (unpaired) electrons. The van der Waals surface area contributed by atoms with E-state index < -0.39 is 24.5 Å². The molecule has 1 amide bonds. The zero-order valence-electron chi connectivity index (χ0n) is 14.1. The number of likely N-dealkylation sites (tertiary alicyclic amines) is 1. The number of halogens is 3. The number of amides is 1. The molecule has 136 valence electrons. The summed E-state index contributed by atoms with van der Waals surface area (Å²) in [6.45, 7) is 5.15. The van der Waals surface area contributed by atoms with Gasteiger partial charge >= 0.3 is 6.18 Å². The zero-order valence-corrected chi connectivity index (χ0v) is 14.1. The van der Waals surface area contributed by atoms with Crippen molar-refractivity contribution < 1.29 is 22.4 Å². The first-order valence-corrected chi connectivity index (χ1v) is 8.11. The van der Waals surface area contributed by atoms with E-state index in [2.05, 4.69) is 10.2 Å². The van der Waals surface area contributed by atoms with Crippen molar-refractivity contribution in [1.29, 1.82) is 0 Å². The molecule has 0 unspecified atom stereocenters. The Kier molecular flexibility index (Phi) is 5.84. The third kappa shape index (κ3) is 4.68. The Morgan fingerprint density at radius 2 is 2.17 bits per heavy atom. The lowest BCUT2D eigenvalue weighted by molar-refractivity contribution is -0.164. The number of hydrogen-bond donors (Lipinski definition) is 0. The Morgan fingerprint density at radius 3 is 2.71 bits per heavy atom. The summed E-state index contributed by atoms with van der Waals surface area (Å²) in [6.07, 6.45) is -3.04. The summed E-state index contributed by atoms with van der Waals surface area (Å²) in [6, 6.07) is -0.167. The van der Waals surface area contributed by atoms with Crippen molar-refractivity contribution >= 4 is 5.91 Å². The van der Waals surface area contributed by atoms with Gasteiger partial charge in [0.05, 0.1) is 12.0 Å². The highest BCUT2D eigenvalue weighted by Gasteiger charge is 2.37. The molecule has 1 aliphatic rings. The van der Waals surface area contributed by atoms with Gasteiger partial charge in [-0.15, -0.1) is 10.2 Å². The van der Waals surface area contributed by atoms with Crippen molar-refractivity contribution in [3.63, 3.8) is 0 Å². The molecule has 6 nitrogen and oxygen atoms in total. The Labute approximate surface area is 139 Å². The van der Waals surface area contributed by atoms with E-state index in [0.717, 1.165) is 17.9 Å². The molecule has 1 fully saturated rings. The molecule has 0 bridgehead atoms. The molecule has 2 rings (SSSR count). The minimum atomic E-state index is -4.38. The van der Waals surface area contributed by atoms with Crippen LogP contribution in [0, 0.1) is 12.8 Å². The van der Waals surface area contributed by atoms with Crippen LogP contribution in [-0.2, 0) is 4.79 Å². The number of alkyl halides is 3. The Morgan fingerprint density at radius 1 is 1.46 bits per heavy atom. The molecule has 9 heteroatoms. The first kappa shape index (κ1) is 18.7. The normalized spacial score (nSPS) is 20.8. The third-order valence-corrected chi connectivity index (χ3v) is 4.31. The first-order chi connectivity index (χ1) is 11.2. The molecule has 0 aromatic carbocycles. The van der Waals surface area contributed by atoms with Gasteiger partial charge < -0.3 is 9.32 Å². The van der Waals surface area contributed by atoms with E-state index >= 15 is 0 Å². The van der Waals surface area contributed by atoms with Gasteiger partial charge in [-0.25, -0.2) is 0 Å². The second-order valence-electron chi connectivity index (χ2n) is 6.14. The smallest absolute Gasteiger partial charge is 0.406 e. The average Bonchev–Trinajstić information content (AvgIpc) is 2.97. The van der Waals surface area contributed by atoms with Crippen LogP contribution < -0.4 is 0 Å². The number of aromatic nitrogens is 2. The third-order valence-electron chi connectivity index (χ3n) is 4.31. The molecule has 1 aliphatic heterocycles. The molecule has 0 saturated carbocycles. The van der Waals surface area contributed by atoms with Crippen LogP contribution >= 0.6 is 0 Å². The Balaban J connectivity index is 2.02. The number of rotatable bonds is 5. The lowest BCUT2D eigenvalue weighted by Crippen LogP contribution is -2.47. The fraction of sp³-hybridized carbons (Fsp3) is 0.800. The van der Waals surface area contributed by atoms with Crippen LogP contribution in [0.3, 0.4) is 0 Å². The SMILES string of the molecule is CCN(CC(F)(F)F)C(=O)[C@H]1CCCN([C@@H](C)c2nnc(C)o2)C1. The van der Waals surface area contributed by atoms with Crippen LogP contribution in [0.25, 0.3) is 0 Å². The summed E-state index contributed by atoms with van der Waals surface area (Å²) in [4.78, 5) is 15.4. The van der Waals surface area contributed by atoms with Crippen molar-refractivity contribution in [3.05, 3.63) is 11.8 Å². The molecule has 0 spiro atoms. The lowest BCUT2D eigenvalue weighted by atomic mass is 9.95. The molecule has 0 N–H and O–H groups in total. The molecule has 1 aromatic rings. The highest BCUT2D eigenvalue weighted by molar-refractivity contribution is 5.79. The van der Waals surface area contributed by atoms with Crippen molar-refractivity contribution in [2.45, 2.75) is 45.8 Å². The van der Waals surface area contributed by atoms with E-state index in [1.165, 1.54) is 0 Å². The fourth-order valence-corrected chi connectivity index (χ4v) is 3.02. The first-order valence-electron chi connectivity index (χ1n) is 8.11. The van der Waals surface area contributed by atoms with E-state index in [1.807, 2.05) is 11.8 Å². The summed E-state index contributed by atoms with van der Waals surface area (Å²) < 4.78 is 43.3. The second-order valence-corrected chi connectivity index (χ2v) is 6.14. The highest BCUT2D eigenvalue weighted by Crippen LogP contribution is 2.28. The van der Waals surface area contributed by atoms with Gasteiger partial charge in [0.15, 0.2) is 0 Å². The number of hydrogen-bond acceptors (Lipinski definition) is 5. The second kappa shape index (κ2) is 7.50. The van der Waals surface area contributed by atoms with Crippen molar-refractivity contribution in [2.75, 3.05) is 26.2 Å². The summed E-state index contributed by atoms with van der Waals surface area (Å²) in [5, 5.41) is 7.78. The Bertz CT molecular complexity index is 561. The molecule has 1 saturated heterocycles. The van der Waals surface area contributed by atoms with Crippen molar-refractivity contribution in [3.8, 4) is 0 Å². The van der Waals surface area contributed by atoms with Crippen LogP contribution in [-0.4, -0.2) is 58.3 Å². The molecule has 2 heterocycles. The number of aryl methyl sites for hydroxylation is 1. The highest BCUT2D eigenvalue weighted by atomic mass is 19.4. The minimum Gasteiger partial charge on any atom is -0.424 e. The lowest BCUT2D eigenvalue weighted by Gasteiger charge is -2.36. The van der Waals surface area contributed by atoms with Gasteiger partial charge in [-0.3, -0.25) is 9.69 Å². The van der Waals surface area contributed by atoms with Gasteiger partial charge in [-0.05, 0) is 33.2 Å². The van der Waals surface area contributed by atoms with Crippen molar-refractivity contribution in [1.82, 2.24) is 20.0 Å². The van der Waals surface area contributed by atoms with E-state index in [9.17, 15) is 18.0 Å². The van der Waals surface area contributed by atoms with Gasteiger partial charge in [0, 0.05) is 20.0 Å². The van der Waals surface area contributed by atoms with Gasteiger partial charge in [0.2, 0.25) is 17.7 Å².